The minimum Gasteiger partial charge on any atom is -0.326 e. The Labute approximate surface area is 134 Å². The first kappa shape index (κ1) is 16.4. The van der Waals surface area contributed by atoms with Gasteiger partial charge in [0, 0.05) is 23.7 Å². The summed E-state index contributed by atoms with van der Waals surface area (Å²) in [5.41, 5.74) is 2.70. The zero-order chi connectivity index (χ0) is 16.8. The molecule has 0 aromatic heterocycles. The number of carbonyl (C=O) groups is 1. The number of hydrogen-bond donors (Lipinski definition) is 1. The summed E-state index contributed by atoms with van der Waals surface area (Å²) in [7, 11) is 0. The molecule has 1 N–H and O–H groups in total. The van der Waals surface area contributed by atoms with Gasteiger partial charge >= 0.3 is 0 Å². The standard InChI is InChI=1S/C18H18N2O3/c1-13(2)18(21)19-16-9-5-14(6-10-16)3-4-15-7-11-17(12-8-15)20(22)23/h3-13H,1-2H3,(H,19,21)/b4-3+. The summed E-state index contributed by atoms with van der Waals surface area (Å²) in [6.45, 7) is 3.69. The molecule has 0 saturated heterocycles. The summed E-state index contributed by atoms with van der Waals surface area (Å²) in [6, 6.07) is 13.8. The molecular formula is C18H18N2O3. The number of nitro benzene ring substituents is 1. The molecule has 23 heavy (non-hydrogen) atoms. The third kappa shape index (κ3) is 4.78. The van der Waals surface area contributed by atoms with Crippen molar-refractivity contribution in [1.82, 2.24) is 0 Å². The zero-order valence-electron chi connectivity index (χ0n) is 13.0. The Kier molecular flexibility index (Phi) is 5.25. The zero-order valence-corrected chi connectivity index (χ0v) is 13.0. The Bertz CT molecular complexity index is 717. The molecule has 5 nitrogen and oxygen atoms in total. The molecule has 2 aromatic carbocycles. The highest BCUT2D eigenvalue weighted by Crippen LogP contribution is 2.16. The van der Waals surface area contributed by atoms with Gasteiger partial charge in [0.1, 0.15) is 0 Å². The molecule has 0 spiro atoms. The van der Waals surface area contributed by atoms with Gasteiger partial charge in [-0.15, -0.1) is 0 Å². The van der Waals surface area contributed by atoms with E-state index in [0.29, 0.717) is 0 Å². The molecular weight excluding hydrogens is 292 g/mol. The number of nitrogens with zero attached hydrogens (tertiary/aromatic N) is 1. The highest BCUT2D eigenvalue weighted by molar-refractivity contribution is 5.92. The number of nitro groups is 1. The lowest BCUT2D eigenvalue weighted by Crippen LogP contribution is -2.17. The number of rotatable bonds is 5. The summed E-state index contributed by atoms with van der Waals surface area (Å²) in [6.07, 6.45) is 3.79. The summed E-state index contributed by atoms with van der Waals surface area (Å²) >= 11 is 0. The first-order valence-electron chi connectivity index (χ1n) is 7.29. The Morgan fingerprint density at radius 1 is 1.00 bits per heavy atom. The largest absolute Gasteiger partial charge is 0.326 e. The number of amides is 1. The Hall–Kier alpha value is -2.95. The smallest absolute Gasteiger partial charge is 0.269 e. The Morgan fingerprint density at radius 2 is 1.48 bits per heavy atom. The lowest BCUT2D eigenvalue weighted by atomic mass is 10.1. The third-order valence-corrected chi connectivity index (χ3v) is 3.27. The van der Waals surface area contributed by atoms with E-state index >= 15 is 0 Å². The molecule has 0 aliphatic rings. The van der Waals surface area contributed by atoms with E-state index in [1.807, 2.05) is 50.3 Å². The quantitative estimate of drug-likeness (QED) is 0.506. The molecule has 0 aliphatic carbocycles. The summed E-state index contributed by atoms with van der Waals surface area (Å²) in [5.74, 6) is -0.0733. The van der Waals surface area contributed by atoms with Gasteiger partial charge in [0.05, 0.1) is 4.92 Å². The molecule has 5 heteroatoms. The van der Waals surface area contributed by atoms with Crippen molar-refractivity contribution in [2.24, 2.45) is 5.92 Å². The topological polar surface area (TPSA) is 72.2 Å². The maximum Gasteiger partial charge on any atom is 0.269 e. The van der Waals surface area contributed by atoms with E-state index in [-0.39, 0.29) is 17.5 Å². The highest BCUT2D eigenvalue weighted by atomic mass is 16.6. The molecule has 0 atom stereocenters. The first-order chi connectivity index (χ1) is 11.0. The average molecular weight is 310 g/mol. The fourth-order valence-electron chi connectivity index (χ4n) is 1.86. The normalized spacial score (nSPS) is 10.9. The van der Waals surface area contributed by atoms with Crippen LogP contribution < -0.4 is 5.32 Å². The van der Waals surface area contributed by atoms with Gasteiger partial charge in [0.25, 0.3) is 5.69 Å². The molecule has 0 radical (unpaired) electrons. The van der Waals surface area contributed by atoms with Crippen LogP contribution in [0.1, 0.15) is 25.0 Å². The van der Waals surface area contributed by atoms with Gasteiger partial charge in [0.15, 0.2) is 0 Å². The molecule has 1 amide bonds. The SMILES string of the molecule is CC(C)C(=O)Nc1ccc(/C=C/c2ccc([N+](=O)[O-])cc2)cc1. The number of benzene rings is 2. The molecule has 118 valence electrons. The minimum atomic E-state index is -0.419. The average Bonchev–Trinajstić information content (AvgIpc) is 2.54. The second-order valence-electron chi connectivity index (χ2n) is 5.45. The van der Waals surface area contributed by atoms with E-state index in [0.717, 1.165) is 16.8 Å². The van der Waals surface area contributed by atoms with Crippen LogP contribution >= 0.6 is 0 Å². The van der Waals surface area contributed by atoms with Crippen molar-refractivity contribution in [2.45, 2.75) is 13.8 Å². The van der Waals surface area contributed by atoms with Crippen LogP contribution in [-0.4, -0.2) is 10.8 Å². The summed E-state index contributed by atoms with van der Waals surface area (Å²) < 4.78 is 0. The summed E-state index contributed by atoms with van der Waals surface area (Å²) in [4.78, 5) is 21.8. The fraction of sp³-hybridized carbons (Fsp3) is 0.167. The highest BCUT2D eigenvalue weighted by Gasteiger charge is 2.06. The van der Waals surface area contributed by atoms with Crippen LogP contribution in [0.5, 0.6) is 0 Å². The molecule has 0 saturated carbocycles. The van der Waals surface area contributed by atoms with Crippen LogP contribution in [0.2, 0.25) is 0 Å². The van der Waals surface area contributed by atoms with Crippen LogP contribution in [0, 0.1) is 16.0 Å². The maximum atomic E-state index is 11.6. The van der Waals surface area contributed by atoms with Crippen molar-refractivity contribution >= 4 is 29.4 Å². The second kappa shape index (κ2) is 7.35. The van der Waals surface area contributed by atoms with Crippen LogP contribution in [-0.2, 0) is 4.79 Å². The van der Waals surface area contributed by atoms with Crippen LogP contribution in [0.3, 0.4) is 0 Å². The van der Waals surface area contributed by atoms with E-state index in [2.05, 4.69) is 5.32 Å². The number of hydrogen-bond acceptors (Lipinski definition) is 3. The lowest BCUT2D eigenvalue weighted by Gasteiger charge is -2.07. The van der Waals surface area contributed by atoms with Crippen molar-refractivity contribution in [3.8, 4) is 0 Å². The van der Waals surface area contributed by atoms with Gasteiger partial charge in [-0.2, -0.15) is 0 Å². The van der Waals surface area contributed by atoms with E-state index in [1.165, 1.54) is 12.1 Å². The number of anilines is 1. The van der Waals surface area contributed by atoms with Gasteiger partial charge in [-0.3, -0.25) is 14.9 Å². The van der Waals surface area contributed by atoms with E-state index in [4.69, 9.17) is 0 Å². The number of non-ortho nitro benzene ring substituents is 1. The first-order valence-corrected chi connectivity index (χ1v) is 7.29. The molecule has 0 fully saturated rings. The molecule has 0 aliphatic heterocycles. The van der Waals surface area contributed by atoms with Gasteiger partial charge in [0.2, 0.25) is 5.91 Å². The molecule has 0 bridgehead atoms. The molecule has 0 heterocycles. The molecule has 2 aromatic rings. The minimum absolute atomic E-state index is 0.0147. The predicted molar refractivity (Wildman–Crippen MR) is 91.9 cm³/mol. The van der Waals surface area contributed by atoms with Gasteiger partial charge < -0.3 is 5.32 Å². The van der Waals surface area contributed by atoms with E-state index < -0.39 is 4.92 Å². The summed E-state index contributed by atoms with van der Waals surface area (Å²) in [5, 5.41) is 13.4. The van der Waals surface area contributed by atoms with Gasteiger partial charge in [-0.05, 0) is 35.4 Å². The Morgan fingerprint density at radius 3 is 1.91 bits per heavy atom. The number of carbonyl (C=O) groups excluding carboxylic acids is 1. The molecule has 2 rings (SSSR count). The van der Waals surface area contributed by atoms with Gasteiger partial charge in [-0.25, -0.2) is 0 Å². The third-order valence-electron chi connectivity index (χ3n) is 3.27. The van der Waals surface area contributed by atoms with Crippen molar-refractivity contribution < 1.29 is 9.72 Å². The van der Waals surface area contributed by atoms with Gasteiger partial charge in [-0.1, -0.05) is 38.1 Å². The van der Waals surface area contributed by atoms with Crippen LogP contribution in [0.15, 0.2) is 48.5 Å². The second-order valence-corrected chi connectivity index (χ2v) is 5.45. The van der Waals surface area contributed by atoms with E-state index in [1.54, 1.807) is 12.1 Å². The van der Waals surface area contributed by atoms with Crippen molar-refractivity contribution in [3.05, 3.63) is 69.8 Å². The van der Waals surface area contributed by atoms with Crippen LogP contribution in [0.25, 0.3) is 12.2 Å². The fourth-order valence-corrected chi connectivity index (χ4v) is 1.86. The van der Waals surface area contributed by atoms with E-state index in [9.17, 15) is 14.9 Å². The number of nitrogens with one attached hydrogen (secondary N) is 1. The molecule has 0 unspecified atom stereocenters. The maximum absolute atomic E-state index is 11.6. The Balaban J connectivity index is 2.02. The van der Waals surface area contributed by atoms with Crippen molar-refractivity contribution in [3.63, 3.8) is 0 Å². The van der Waals surface area contributed by atoms with Crippen LogP contribution in [0.4, 0.5) is 11.4 Å². The monoisotopic (exact) mass is 310 g/mol. The predicted octanol–water partition coefficient (Wildman–Crippen LogP) is 4.36. The van der Waals surface area contributed by atoms with Crippen molar-refractivity contribution in [2.75, 3.05) is 5.32 Å². The lowest BCUT2D eigenvalue weighted by molar-refractivity contribution is -0.384. The van der Waals surface area contributed by atoms with Crippen molar-refractivity contribution in [1.29, 1.82) is 0 Å².